The van der Waals surface area contributed by atoms with Crippen molar-refractivity contribution in [2.75, 3.05) is 79.7 Å². The number of aromatic nitrogens is 4. The van der Waals surface area contributed by atoms with Crippen molar-refractivity contribution in [3.63, 3.8) is 0 Å². The number of rotatable bonds is 14. The summed E-state index contributed by atoms with van der Waals surface area (Å²) in [6, 6.07) is 21.0. The van der Waals surface area contributed by atoms with Gasteiger partial charge in [0.05, 0.1) is 36.9 Å². The Morgan fingerprint density at radius 2 is 1.62 bits per heavy atom. The summed E-state index contributed by atoms with van der Waals surface area (Å²) >= 11 is 0. The number of nitrogens with zero attached hydrogens (tertiary/aromatic N) is 8. The average molecular weight is 759 g/mol. The van der Waals surface area contributed by atoms with Crippen LogP contribution in [-0.2, 0) is 19.7 Å². The molecule has 13 nitrogen and oxygen atoms in total. The number of hydrogen-bond donors (Lipinski definition) is 0. The molecule has 1 aromatic heterocycles. The lowest BCUT2D eigenvalue weighted by Gasteiger charge is -2.45. The van der Waals surface area contributed by atoms with E-state index in [2.05, 4.69) is 20.4 Å². The molecule has 292 valence electrons. The molecular formula is C40H48F2N8O5. The minimum atomic E-state index is -0.915. The van der Waals surface area contributed by atoms with Crippen molar-refractivity contribution in [3.05, 3.63) is 101 Å². The molecule has 0 aliphatic carbocycles. The smallest absolute Gasteiger partial charge is 0.331 e. The van der Waals surface area contributed by atoms with Crippen molar-refractivity contribution < 1.29 is 32.6 Å². The maximum Gasteiger partial charge on any atom is 0.331 e. The summed E-state index contributed by atoms with van der Waals surface area (Å²) in [7, 11) is 3.15. The molecule has 3 aromatic carbocycles. The van der Waals surface area contributed by atoms with E-state index in [4.69, 9.17) is 9.47 Å². The molecule has 0 unspecified atom stereocenters. The van der Waals surface area contributed by atoms with Gasteiger partial charge in [-0.05, 0) is 97.7 Å². The van der Waals surface area contributed by atoms with Gasteiger partial charge in [-0.3, -0.25) is 19.3 Å². The van der Waals surface area contributed by atoms with Gasteiger partial charge in [-0.1, -0.05) is 47.6 Å². The highest BCUT2D eigenvalue weighted by atomic mass is 19.1. The molecule has 2 aliphatic heterocycles. The molecule has 15 heteroatoms. The topological polar surface area (TPSA) is 126 Å². The number of likely N-dealkylation sites (tertiary alicyclic amines) is 1. The number of carbonyl (C=O) groups excluding carboxylic acids is 3. The number of piperazine rings is 1. The molecule has 0 spiro atoms. The number of methoxy groups -OCH3 is 1. The van der Waals surface area contributed by atoms with Crippen LogP contribution in [0.15, 0.2) is 72.8 Å². The third-order valence-electron chi connectivity index (χ3n) is 10.8. The summed E-state index contributed by atoms with van der Waals surface area (Å²) in [6.45, 7) is 7.10. The molecule has 2 fully saturated rings. The number of halogens is 2. The van der Waals surface area contributed by atoms with E-state index in [1.165, 1.54) is 25.3 Å². The van der Waals surface area contributed by atoms with E-state index in [9.17, 15) is 23.2 Å². The highest BCUT2D eigenvalue weighted by Gasteiger charge is 2.45. The van der Waals surface area contributed by atoms with Crippen molar-refractivity contribution in [1.29, 1.82) is 0 Å². The van der Waals surface area contributed by atoms with Gasteiger partial charge in [-0.2, -0.15) is 9.07 Å². The van der Waals surface area contributed by atoms with Crippen molar-refractivity contribution in [3.8, 4) is 11.4 Å². The fourth-order valence-electron chi connectivity index (χ4n) is 7.73. The van der Waals surface area contributed by atoms with E-state index >= 15 is 0 Å². The number of tetrazole rings is 1. The standard InChI is InChI=1S/C40H48F2N8O5/c1-4-55-36(51)28-48-22-24-49(25-23-48)38(53)40(31-8-6-5-7-9-31)17-20-47(21-18-40)19-16-30(29-10-12-32(41)13-11-29)27-46(2)37(52)34-26-33(14-15-35(34)54-3)50-39(42)43-44-45-50/h5-15,26,30H,4,16-25,27-28H2,1-3H3/t30-/m1/s1. The maximum atomic E-state index is 14.4. The molecule has 2 amide bonds. The first-order valence-corrected chi connectivity index (χ1v) is 18.7. The second kappa shape index (κ2) is 17.9. The number of esters is 1. The number of piperidine rings is 1. The summed E-state index contributed by atoms with van der Waals surface area (Å²) in [4.78, 5) is 48.3. The lowest BCUT2D eigenvalue weighted by Crippen LogP contribution is -2.57. The molecule has 1 atom stereocenters. The molecule has 6 rings (SSSR count). The number of likely N-dealkylation sites (N-methyl/N-ethyl adjacent to an activating group) is 1. The zero-order valence-corrected chi connectivity index (χ0v) is 31.6. The van der Waals surface area contributed by atoms with Crippen molar-refractivity contribution >= 4 is 17.8 Å². The van der Waals surface area contributed by atoms with Crippen LogP contribution in [0.5, 0.6) is 5.75 Å². The van der Waals surface area contributed by atoms with Gasteiger partial charge in [0.2, 0.25) is 5.91 Å². The average Bonchev–Trinajstić information content (AvgIpc) is 3.65. The van der Waals surface area contributed by atoms with E-state index in [-0.39, 0.29) is 47.3 Å². The van der Waals surface area contributed by atoms with E-state index in [0.29, 0.717) is 84.0 Å². The van der Waals surface area contributed by atoms with Crippen molar-refractivity contribution in [2.24, 2.45) is 0 Å². The molecule has 0 radical (unpaired) electrons. The largest absolute Gasteiger partial charge is 0.496 e. The highest BCUT2D eigenvalue weighted by molar-refractivity contribution is 5.97. The van der Waals surface area contributed by atoms with Crippen LogP contribution in [0.1, 0.15) is 53.6 Å². The first-order valence-electron chi connectivity index (χ1n) is 18.7. The zero-order valence-electron chi connectivity index (χ0n) is 31.6. The van der Waals surface area contributed by atoms with E-state index in [1.54, 1.807) is 43.1 Å². The number of hydrogen-bond acceptors (Lipinski definition) is 10. The summed E-state index contributed by atoms with van der Waals surface area (Å²) in [5, 5.41) is 10.3. The van der Waals surface area contributed by atoms with Gasteiger partial charge in [0.25, 0.3) is 5.91 Å². The minimum Gasteiger partial charge on any atom is -0.496 e. The Kier molecular flexibility index (Phi) is 12.8. The minimum absolute atomic E-state index is 0.126. The Hall–Kier alpha value is -5.28. The van der Waals surface area contributed by atoms with Gasteiger partial charge in [0.1, 0.15) is 11.6 Å². The van der Waals surface area contributed by atoms with Crippen LogP contribution in [0.25, 0.3) is 5.69 Å². The van der Waals surface area contributed by atoms with Gasteiger partial charge in [-0.15, -0.1) is 0 Å². The predicted molar refractivity (Wildman–Crippen MR) is 200 cm³/mol. The molecule has 2 saturated heterocycles. The van der Waals surface area contributed by atoms with Gasteiger partial charge < -0.3 is 24.2 Å². The SMILES string of the molecule is CCOC(=O)CN1CCN(C(=O)C2(c3ccccc3)CCN(CC[C@H](CN(C)C(=O)c3cc(-n4nnnc4F)ccc3OC)c3ccc(F)cc3)CC2)CC1. The summed E-state index contributed by atoms with van der Waals surface area (Å²) < 4.78 is 39.7. The molecular weight excluding hydrogens is 710 g/mol. The zero-order chi connectivity index (χ0) is 39.0. The van der Waals surface area contributed by atoms with Crippen LogP contribution in [0.4, 0.5) is 8.78 Å². The Labute approximate surface area is 319 Å². The van der Waals surface area contributed by atoms with Crippen LogP contribution in [0.2, 0.25) is 0 Å². The molecule has 0 bridgehead atoms. The molecule has 0 saturated carbocycles. The molecule has 55 heavy (non-hydrogen) atoms. The highest BCUT2D eigenvalue weighted by Crippen LogP contribution is 2.38. The number of carbonyl (C=O) groups is 3. The van der Waals surface area contributed by atoms with E-state index < -0.39 is 11.5 Å². The summed E-state index contributed by atoms with van der Waals surface area (Å²) in [5.74, 6) is -0.641. The maximum absolute atomic E-state index is 14.4. The van der Waals surface area contributed by atoms with Crippen LogP contribution in [-0.4, -0.2) is 137 Å². The summed E-state index contributed by atoms with van der Waals surface area (Å²) in [5.41, 5.74) is 1.73. The van der Waals surface area contributed by atoms with Crippen LogP contribution >= 0.6 is 0 Å². The Morgan fingerprint density at radius 1 is 0.909 bits per heavy atom. The number of amides is 2. The Balaban J connectivity index is 1.13. The third kappa shape index (κ3) is 9.16. The molecule has 4 aromatic rings. The number of ether oxygens (including phenoxy) is 2. The third-order valence-corrected chi connectivity index (χ3v) is 10.8. The molecule has 2 aliphatic rings. The lowest BCUT2D eigenvalue weighted by atomic mass is 9.71. The first kappa shape index (κ1) is 39.4. The fraction of sp³-hybridized carbons (Fsp3) is 0.450. The van der Waals surface area contributed by atoms with Crippen LogP contribution < -0.4 is 4.74 Å². The second-order valence-electron chi connectivity index (χ2n) is 14.1. The predicted octanol–water partition coefficient (Wildman–Crippen LogP) is 3.94. The second-order valence-corrected chi connectivity index (χ2v) is 14.1. The van der Waals surface area contributed by atoms with E-state index in [0.717, 1.165) is 15.8 Å². The monoisotopic (exact) mass is 758 g/mol. The molecule has 0 N–H and O–H groups in total. The Bertz CT molecular complexity index is 1910. The molecule has 3 heterocycles. The van der Waals surface area contributed by atoms with Crippen molar-refractivity contribution in [1.82, 2.24) is 39.8 Å². The Morgan fingerprint density at radius 3 is 2.25 bits per heavy atom. The van der Waals surface area contributed by atoms with Gasteiger partial charge in [0, 0.05) is 45.7 Å². The normalized spacial score (nSPS) is 16.7. The number of benzene rings is 3. The fourth-order valence-corrected chi connectivity index (χ4v) is 7.73. The van der Waals surface area contributed by atoms with Gasteiger partial charge in [0.15, 0.2) is 0 Å². The van der Waals surface area contributed by atoms with Crippen molar-refractivity contribution in [2.45, 2.75) is 37.5 Å². The van der Waals surface area contributed by atoms with E-state index in [1.807, 2.05) is 40.1 Å². The quantitative estimate of drug-likeness (QED) is 0.175. The van der Waals surface area contributed by atoms with Gasteiger partial charge in [-0.25, -0.2) is 4.39 Å². The lowest BCUT2D eigenvalue weighted by molar-refractivity contribution is -0.146. The summed E-state index contributed by atoms with van der Waals surface area (Å²) in [6.07, 6.45) is 1.06. The van der Waals surface area contributed by atoms with Crippen LogP contribution in [0, 0.1) is 11.9 Å². The first-order chi connectivity index (χ1) is 26.6. The van der Waals surface area contributed by atoms with Gasteiger partial charge >= 0.3 is 12.0 Å². The van der Waals surface area contributed by atoms with Crippen LogP contribution in [0.3, 0.4) is 0 Å².